The Balaban J connectivity index is 4.11. The summed E-state index contributed by atoms with van der Waals surface area (Å²) in [7, 11) is -4.28. The molecule has 0 aliphatic carbocycles. The molecule has 3 N–H and O–H groups in total. The van der Waals surface area contributed by atoms with Crippen LogP contribution in [0.5, 0.6) is 0 Å². The summed E-state index contributed by atoms with van der Waals surface area (Å²) < 4.78 is 33.3. The fourth-order valence-electron chi connectivity index (χ4n) is 5.05. The van der Waals surface area contributed by atoms with Crippen LogP contribution in [0.1, 0.15) is 155 Å². The Morgan fingerprint density at radius 3 is 1.68 bits per heavy atom. The molecule has 0 aromatic carbocycles. The van der Waals surface area contributed by atoms with Crippen molar-refractivity contribution < 1.29 is 32.8 Å². The van der Waals surface area contributed by atoms with E-state index in [1.807, 2.05) is 0 Å². The molecule has 9 heteroatoms. The van der Waals surface area contributed by atoms with Crippen molar-refractivity contribution in [2.24, 2.45) is 5.73 Å². The molecule has 0 aromatic rings. The van der Waals surface area contributed by atoms with Crippen LogP contribution in [-0.4, -0.2) is 49.9 Å². The van der Waals surface area contributed by atoms with Gasteiger partial charge in [-0.05, 0) is 70.6 Å². The van der Waals surface area contributed by atoms with E-state index >= 15 is 0 Å². The Labute approximate surface area is 306 Å². The van der Waals surface area contributed by atoms with Crippen molar-refractivity contribution in [3.63, 3.8) is 0 Å². The highest BCUT2D eigenvalue weighted by molar-refractivity contribution is 7.47. The Kier molecular flexibility index (Phi) is 37.0. The number of phosphoric ester groups is 1. The number of unbranched alkanes of at least 4 members (excludes halogenated alkanes) is 14. The van der Waals surface area contributed by atoms with E-state index in [0.29, 0.717) is 13.0 Å². The van der Waals surface area contributed by atoms with Crippen LogP contribution in [0.4, 0.5) is 0 Å². The van der Waals surface area contributed by atoms with Gasteiger partial charge in [0.1, 0.15) is 6.10 Å². The van der Waals surface area contributed by atoms with E-state index < -0.39 is 13.9 Å². The quantitative estimate of drug-likeness (QED) is 0.0281. The first-order chi connectivity index (χ1) is 24.4. The molecule has 0 amide bonds. The number of hydrogen-bond acceptors (Lipinski definition) is 7. The van der Waals surface area contributed by atoms with Crippen LogP contribution in [-0.2, 0) is 27.9 Å². The monoisotopic (exact) mass is 724 g/mol. The van der Waals surface area contributed by atoms with Gasteiger partial charge >= 0.3 is 13.8 Å². The molecule has 2 unspecified atom stereocenters. The number of esters is 1. The van der Waals surface area contributed by atoms with E-state index in [2.05, 4.69) is 74.6 Å². The first-order valence-electron chi connectivity index (χ1n) is 19.8. The summed E-state index contributed by atoms with van der Waals surface area (Å²) in [4.78, 5) is 22.4. The molecule has 0 fully saturated rings. The topological polar surface area (TPSA) is 117 Å². The fourth-order valence-corrected chi connectivity index (χ4v) is 5.81. The molecule has 50 heavy (non-hydrogen) atoms. The summed E-state index contributed by atoms with van der Waals surface area (Å²) in [6.45, 7) is 4.69. The van der Waals surface area contributed by atoms with Gasteiger partial charge in [0.2, 0.25) is 0 Å². The van der Waals surface area contributed by atoms with Gasteiger partial charge < -0.3 is 20.1 Å². The van der Waals surface area contributed by atoms with Gasteiger partial charge in [-0.1, -0.05) is 139 Å². The molecule has 0 aliphatic rings. The van der Waals surface area contributed by atoms with Crippen LogP contribution < -0.4 is 5.73 Å². The molecule has 0 heterocycles. The first kappa shape index (κ1) is 48.2. The number of nitrogens with two attached hydrogens (primary N) is 1. The van der Waals surface area contributed by atoms with E-state index in [0.717, 1.165) is 83.5 Å². The van der Waals surface area contributed by atoms with E-state index in [1.54, 1.807) is 0 Å². The summed E-state index contributed by atoms with van der Waals surface area (Å²) in [6.07, 6.45) is 45.1. The Bertz CT molecular complexity index is 947. The Morgan fingerprint density at radius 2 is 1.12 bits per heavy atom. The molecular weight excluding hydrogens is 649 g/mol. The van der Waals surface area contributed by atoms with Crippen molar-refractivity contribution in [3.8, 4) is 0 Å². The standard InChI is InChI=1S/C41H74NO7P/c1-3-5-7-9-11-13-15-17-19-20-21-22-24-26-28-30-32-34-41(43)49-40(39-48-50(44,45)47-37-35-42)38-46-36-33-31-29-27-25-23-18-16-14-12-10-8-6-4-2/h5,7-8,10-11,13-14,16-17,19,40H,3-4,6,9,12,15,18,20-39,42H2,1-2H3,(H,44,45)/b7-5-,10-8-,13-11-,16-14-,19-17-. The summed E-state index contributed by atoms with van der Waals surface area (Å²) in [5.74, 6) is -0.347. The minimum atomic E-state index is -4.28. The maximum absolute atomic E-state index is 12.5. The van der Waals surface area contributed by atoms with Crippen LogP contribution in [0.15, 0.2) is 60.8 Å². The summed E-state index contributed by atoms with van der Waals surface area (Å²) in [6, 6.07) is 0. The third-order valence-corrected chi connectivity index (χ3v) is 8.88. The number of phosphoric acid groups is 1. The number of allylic oxidation sites excluding steroid dienone is 10. The predicted octanol–water partition coefficient (Wildman–Crippen LogP) is 11.4. The van der Waals surface area contributed by atoms with Gasteiger partial charge in [-0.2, -0.15) is 0 Å². The third kappa shape index (κ3) is 37.5. The van der Waals surface area contributed by atoms with Gasteiger partial charge in [0.15, 0.2) is 0 Å². The number of rotatable bonds is 37. The number of ether oxygens (including phenoxy) is 2. The van der Waals surface area contributed by atoms with Crippen LogP contribution >= 0.6 is 7.82 Å². The van der Waals surface area contributed by atoms with Crippen LogP contribution in [0.25, 0.3) is 0 Å². The Morgan fingerprint density at radius 1 is 0.620 bits per heavy atom. The van der Waals surface area contributed by atoms with Crippen molar-refractivity contribution >= 4 is 13.8 Å². The molecule has 0 saturated heterocycles. The van der Waals surface area contributed by atoms with Gasteiger partial charge in [-0.3, -0.25) is 13.8 Å². The number of carbonyl (C=O) groups is 1. The zero-order valence-electron chi connectivity index (χ0n) is 31.9. The molecule has 290 valence electrons. The molecule has 0 spiro atoms. The third-order valence-electron chi connectivity index (χ3n) is 7.90. The molecule has 8 nitrogen and oxygen atoms in total. The van der Waals surface area contributed by atoms with Crippen LogP contribution in [0, 0.1) is 0 Å². The van der Waals surface area contributed by atoms with Gasteiger partial charge in [-0.25, -0.2) is 4.57 Å². The maximum Gasteiger partial charge on any atom is 0.472 e. The van der Waals surface area contributed by atoms with Crippen molar-refractivity contribution in [3.05, 3.63) is 60.8 Å². The second kappa shape index (κ2) is 38.4. The average molecular weight is 724 g/mol. The predicted molar refractivity (Wildman–Crippen MR) is 210 cm³/mol. The Hall–Kier alpha value is -1.80. The summed E-state index contributed by atoms with van der Waals surface area (Å²) in [5.41, 5.74) is 5.36. The lowest BCUT2D eigenvalue weighted by Gasteiger charge is -2.20. The highest BCUT2D eigenvalue weighted by Gasteiger charge is 2.25. The normalized spacial score (nSPS) is 14.2. The van der Waals surface area contributed by atoms with Crippen molar-refractivity contribution in [2.75, 3.05) is 33.0 Å². The van der Waals surface area contributed by atoms with Crippen molar-refractivity contribution in [2.45, 2.75) is 161 Å². The maximum atomic E-state index is 12.5. The lowest BCUT2D eigenvalue weighted by molar-refractivity contribution is -0.154. The van der Waals surface area contributed by atoms with Crippen molar-refractivity contribution in [1.82, 2.24) is 0 Å². The fraction of sp³-hybridized carbons (Fsp3) is 0.732. The first-order valence-corrected chi connectivity index (χ1v) is 21.3. The highest BCUT2D eigenvalue weighted by atomic mass is 31.2. The van der Waals surface area contributed by atoms with Crippen molar-refractivity contribution in [1.29, 1.82) is 0 Å². The SMILES string of the molecule is CC/C=C\C/C=C\C/C=C\CCCCCCCCCC(=O)OC(COCCCCCCCC/C=C\C/C=C\CCC)COP(=O)(O)OCCN. The highest BCUT2D eigenvalue weighted by Crippen LogP contribution is 2.43. The second-order valence-electron chi connectivity index (χ2n) is 12.8. The van der Waals surface area contributed by atoms with Gasteiger partial charge in [0.05, 0.1) is 19.8 Å². The molecule has 0 aliphatic heterocycles. The van der Waals surface area contributed by atoms with Gasteiger partial charge in [0.25, 0.3) is 0 Å². The van der Waals surface area contributed by atoms with Gasteiger partial charge in [-0.15, -0.1) is 0 Å². The summed E-state index contributed by atoms with van der Waals surface area (Å²) in [5, 5.41) is 0. The molecule has 0 radical (unpaired) electrons. The second-order valence-corrected chi connectivity index (χ2v) is 14.2. The molecular formula is C41H74NO7P. The van der Waals surface area contributed by atoms with Gasteiger partial charge in [0, 0.05) is 19.6 Å². The van der Waals surface area contributed by atoms with E-state index in [-0.39, 0.29) is 32.3 Å². The minimum Gasteiger partial charge on any atom is -0.457 e. The lowest BCUT2D eigenvalue weighted by Crippen LogP contribution is -2.28. The lowest BCUT2D eigenvalue weighted by atomic mass is 10.1. The van der Waals surface area contributed by atoms with E-state index in [1.165, 1.54) is 51.4 Å². The smallest absolute Gasteiger partial charge is 0.457 e. The molecule has 0 rings (SSSR count). The molecule has 0 bridgehead atoms. The molecule has 0 saturated carbocycles. The number of hydrogen-bond donors (Lipinski definition) is 2. The van der Waals surface area contributed by atoms with Crippen LogP contribution in [0.2, 0.25) is 0 Å². The van der Waals surface area contributed by atoms with E-state index in [9.17, 15) is 14.3 Å². The molecule has 2 atom stereocenters. The molecule has 0 aromatic heterocycles. The zero-order chi connectivity index (χ0) is 36.6. The summed E-state index contributed by atoms with van der Waals surface area (Å²) >= 11 is 0. The van der Waals surface area contributed by atoms with Crippen LogP contribution in [0.3, 0.4) is 0 Å². The minimum absolute atomic E-state index is 0.0939. The van der Waals surface area contributed by atoms with E-state index in [4.69, 9.17) is 24.3 Å². The average Bonchev–Trinajstić information content (AvgIpc) is 3.10. The largest absolute Gasteiger partial charge is 0.472 e. The number of carbonyl (C=O) groups excluding carboxylic acids is 1. The zero-order valence-corrected chi connectivity index (χ0v) is 32.8.